The lowest BCUT2D eigenvalue weighted by atomic mass is 10.1. The van der Waals surface area contributed by atoms with E-state index in [-0.39, 0.29) is 22.4 Å². The summed E-state index contributed by atoms with van der Waals surface area (Å²) >= 11 is 12.4. The average Bonchev–Trinajstić information content (AvgIpc) is 2.77. The first-order valence-electron chi connectivity index (χ1n) is 9.20. The molecule has 0 spiro atoms. The van der Waals surface area contributed by atoms with E-state index in [1.54, 1.807) is 30.3 Å². The van der Waals surface area contributed by atoms with Crippen LogP contribution in [0.15, 0.2) is 72.1 Å². The molecule has 0 saturated heterocycles. The summed E-state index contributed by atoms with van der Waals surface area (Å²) in [6.45, 7) is 0. The van der Waals surface area contributed by atoms with Crippen molar-refractivity contribution in [2.75, 3.05) is 10.5 Å². The van der Waals surface area contributed by atoms with Crippen molar-refractivity contribution in [3.8, 4) is 22.6 Å². The Labute approximate surface area is 198 Å². The second-order valence-electron chi connectivity index (χ2n) is 6.62. The van der Waals surface area contributed by atoms with Crippen LogP contribution in [-0.4, -0.2) is 23.4 Å². The predicted octanol–water partition coefficient (Wildman–Crippen LogP) is 5.16. The third-order valence-electron chi connectivity index (χ3n) is 4.33. The molecule has 0 saturated carbocycles. The van der Waals surface area contributed by atoms with Crippen LogP contribution >= 0.6 is 23.2 Å². The second-order valence-corrected chi connectivity index (χ2v) is 9.12. The number of rotatable bonds is 6. The normalized spacial score (nSPS) is 11.2. The molecule has 4 rings (SSSR count). The molecule has 0 aliphatic rings. The minimum Gasteiger partial charge on any atom is -0.455 e. The van der Waals surface area contributed by atoms with Crippen LogP contribution in [0.25, 0.3) is 11.1 Å². The van der Waals surface area contributed by atoms with Crippen molar-refractivity contribution in [3.05, 3.63) is 83.1 Å². The van der Waals surface area contributed by atoms with Gasteiger partial charge in [0, 0.05) is 35.2 Å². The van der Waals surface area contributed by atoms with E-state index in [4.69, 9.17) is 33.7 Å². The zero-order valence-electron chi connectivity index (χ0n) is 16.5. The van der Waals surface area contributed by atoms with Gasteiger partial charge in [0.25, 0.3) is 10.0 Å². The van der Waals surface area contributed by atoms with Gasteiger partial charge in [-0.15, -0.1) is 0 Å². The first-order chi connectivity index (χ1) is 15.7. The molecule has 0 aliphatic heterocycles. The van der Waals surface area contributed by atoms with Gasteiger partial charge in [0.05, 0.1) is 11.2 Å². The Morgan fingerprint density at radius 1 is 0.970 bits per heavy atom. The second kappa shape index (κ2) is 9.18. The van der Waals surface area contributed by atoms with Gasteiger partial charge in [0.2, 0.25) is 0 Å². The van der Waals surface area contributed by atoms with E-state index in [0.29, 0.717) is 21.9 Å². The fourth-order valence-corrected chi connectivity index (χ4v) is 4.41. The van der Waals surface area contributed by atoms with Crippen LogP contribution < -0.4 is 15.2 Å². The summed E-state index contributed by atoms with van der Waals surface area (Å²) in [5.41, 5.74) is 6.97. The molecule has 0 amide bonds. The fourth-order valence-electron chi connectivity index (χ4n) is 2.89. The van der Waals surface area contributed by atoms with Crippen molar-refractivity contribution in [2.24, 2.45) is 0 Å². The van der Waals surface area contributed by atoms with E-state index in [1.807, 2.05) is 0 Å². The zero-order valence-corrected chi connectivity index (χ0v) is 18.9. The summed E-state index contributed by atoms with van der Waals surface area (Å²) in [6.07, 6.45) is 5.36. The lowest BCUT2D eigenvalue weighted by Gasteiger charge is -2.15. The van der Waals surface area contributed by atoms with Crippen LogP contribution in [-0.2, 0) is 10.0 Å². The number of nitrogens with two attached hydrogens (primary N) is 1. The zero-order chi connectivity index (χ0) is 23.6. The first kappa shape index (κ1) is 22.7. The molecule has 0 unspecified atom stereocenters. The van der Waals surface area contributed by atoms with Crippen molar-refractivity contribution >= 4 is 44.9 Å². The SMILES string of the molecule is Nc1cc(-c2cc(Cl)ccc2Oc2cc(F)c(S(=O)(=O)Nc3cnccn3)cc2Cl)ccn1. The lowest BCUT2D eigenvalue weighted by Crippen LogP contribution is -2.15. The number of anilines is 2. The van der Waals surface area contributed by atoms with Gasteiger partial charge in [-0.3, -0.25) is 9.71 Å². The number of hydrogen-bond acceptors (Lipinski definition) is 7. The standard InChI is InChI=1S/C21H14Cl2FN5O3S/c22-13-1-2-17(14(8-13)12-3-4-27-20(25)7-12)32-18-10-16(24)19(9-15(18)23)33(30,31)29-21-11-26-5-6-28-21/h1-11H,(H2,25,27)(H,28,29). The Kier molecular flexibility index (Phi) is 6.32. The number of pyridine rings is 1. The van der Waals surface area contributed by atoms with Gasteiger partial charge >= 0.3 is 0 Å². The van der Waals surface area contributed by atoms with Crippen LogP contribution in [0.4, 0.5) is 16.0 Å². The summed E-state index contributed by atoms with van der Waals surface area (Å²) in [5.74, 6) is -0.671. The number of aromatic nitrogens is 3. The minimum atomic E-state index is -4.32. The van der Waals surface area contributed by atoms with Crippen molar-refractivity contribution in [3.63, 3.8) is 0 Å². The molecule has 2 aromatic carbocycles. The van der Waals surface area contributed by atoms with Crippen LogP contribution in [0.5, 0.6) is 11.5 Å². The molecule has 4 aromatic rings. The first-order valence-corrected chi connectivity index (χ1v) is 11.4. The number of nitrogens with one attached hydrogen (secondary N) is 1. The Hall–Kier alpha value is -3.47. The van der Waals surface area contributed by atoms with Crippen molar-refractivity contribution in [2.45, 2.75) is 4.90 Å². The fraction of sp³-hybridized carbons (Fsp3) is 0. The monoisotopic (exact) mass is 505 g/mol. The molecule has 0 aliphatic carbocycles. The molecule has 33 heavy (non-hydrogen) atoms. The highest BCUT2D eigenvalue weighted by Gasteiger charge is 2.23. The van der Waals surface area contributed by atoms with E-state index in [1.165, 1.54) is 24.8 Å². The maximum absolute atomic E-state index is 14.8. The smallest absolute Gasteiger partial charge is 0.266 e. The summed E-state index contributed by atoms with van der Waals surface area (Å²) < 4.78 is 48.0. The minimum absolute atomic E-state index is 0.0734. The maximum atomic E-state index is 14.8. The highest BCUT2D eigenvalue weighted by molar-refractivity contribution is 7.92. The highest BCUT2D eigenvalue weighted by Crippen LogP contribution is 2.39. The van der Waals surface area contributed by atoms with Gasteiger partial charge < -0.3 is 10.5 Å². The number of ether oxygens (including phenoxy) is 1. The predicted molar refractivity (Wildman–Crippen MR) is 123 cm³/mol. The van der Waals surface area contributed by atoms with Gasteiger partial charge in [-0.05, 0) is 42.0 Å². The molecule has 8 nitrogen and oxygen atoms in total. The number of hydrogen-bond donors (Lipinski definition) is 2. The van der Waals surface area contributed by atoms with E-state index < -0.39 is 20.7 Å². The van der Waals surface area contributed by atoms with E-state index in [0.717, 1.165) is 12.1 Å². The van der Waals surface area contributed by atoms with Crippen LogP contribution in [0.3, 0.4) is 0 Å². The number of nitrogens with zero attached hydrogens (tertiary/aromatic N) is 3. The van der Waals surface area contributed by atoms with Crippen molar-refractivity contribution in [1.29, 1.82) is 0 Å². The summed E-state index contributed by atoms with van der Waals surface area (Å²) in [7, 11) is -4.32. The summed E-state index contributed by atoms with van der Waals surface area (Å²) in [5, 5.41) is 0.299. The molecule has 2 aromatic heterocycles. The highest BCUT2D eigenvalue weighted by atomic mass is 35.5. The molecule has 12 heteroatoms. The topological polar surface area (TPSA) is 120 Å². The van der Waals surface area contributed by atoms with Gasteiger partial charge in [-0.25, -0.2) is 22.8 Å². The quantitative estimate of drug-likeness (QED) is 0.371. The van der Waals surface area contributed by atoms with Gasteiger partial charge in [-0.1, -0.05) is 23.2 Å². The van der Waals surface area contributed by atoms with Crippen molar-refractivity contribution in [1.82, 2.24) is 15.0 Å². The maximum Gasteiger partial charge on any atom is 0.266 e. The number of benzene rings is 2. The Balaban J connectivity index is 1.69. The Bertz CT molecular complexity index is 1440. The van der Waals surface area contributed by atoms with E-state index in [9.17, 15) is 12.8 Å². The van der Waals surface area contributed by atoms with E-state index in [2.05, 4.69) is 19.7 Å². The molecular formula is C21H14Cl2FN5O3S. The van der Waals surface area contributed by atoms with Gasteiger partial charge in [-0.2, -0.15) is 0 Å². The third kappa shape index (κ3) is 5.14. The van der Waals surface area contributed by atoms with Crippen molar-refractivity contribution < 1.29 is 17.5 Å². The van der Waals surface area contributed by atoms with E-state index >= 15 is 0 Å². The van der Waals surface area contributed by atoms with Gasteiger partial charge in [0.15, 0.2) is 5.82 Å². The number of nitrogen functional groups attached to an aromatic ring is 1. The largest absolute Gasteiger partial charge is 0.455 e. The van der Waals surface area contributed by atoms with Gasteiger partial charge in [0.1, 0.15) is 28.0 Å². The Morgan fingerprint density at radius 2 is 1.79 bits per heavy atom. The Morgan fingerprint density at radius 3 is 2.52 bits per heavy atom. The summed E-state index contributed by atoms with van der Waals surface area (Å²) in [4.78, 5) is 10.8. The number of sulfonamides is 1. The summed E-state index contributed by atoms with van der Waals surface area (Å²) in [6, 6.07) is 9.94. The molecular weight excluding hydrogens is 492 g/mol. The molecule has 168 valence electrons. The molecule has 0 radical (unpaired) electrons. The molecule has 0 fully saturated rings. The number of halogens is 3. The van der Waals surface area contributed by atoms with Crippen LogP contribution in [0.1, 0.15) is 0 Å². The molecule has 2 heterocycles. The molecule has 3 N–H and O–H groups in total. The lowest BCUT2D eigenvalue weighted by molar-refractivity contribution is 0.475. The molecule has 0 atom stereocenters. The third-order valence-corrected chi connectivity index (χ3v) is 6.23. The molecule has 0 bridgehead atoms. The average molecular weight is 506 g/mol. The van der Waals surface area contributed by atoms with Crippen LogP contribution in [0.2, 0.25) is 10.0 Å². The van der Waals surface area contributed by atoms with Crippen LogP contribution in [0, 0.1) is 5.82 Å².